The standard InChI is InChI=1S/C7H10O2/c8-7(9)5-2-1-4-3-6(4)5/h4-6H,1-3H2,(H,8,9)/t4-,5-,6+/m0/s1. The van der Waals surface area contributed by atoms with E-state index in [-0.39, 0.29) is 5.92 Å². The molecule has 0 aromatic heterocycles. The molecular weight excluding hydrogens is 116 g/mol. The molecule has 0 heterocycles. The van der Waals surface area contributed by atoms with Crippen molar-refractivity contribution in [3.05, 3.63) is 0 Å². The quantitative estimate of drug-likeness (QED) is 0.571. The summed E-state index contributed by atoms with van der Waals surface area (Å²) in [6.07, 6.45) is 3.29. The van der Waals surface area contributed by atoms with Crippen LogP contribution in [0.3, 0.4) is 0 Å². The van der Waals surface area contributed by atoms with Crippen LogP contribution < -0.4 is 0 Å². The minimum Gasteiger partial charge on any atom is -0.481 e. The Morgan fingerprint density at radius 1 is 1.44 bits per heavy atom. The smallest absolute Gasteiger partial charge is 0.306 e. The first-order valence-electron chi connectivity index (χ1n) is 3.52. The van der Waals surface area contributed by atoms with Crippen LogP contribution in [-0.4, -0.2) is 11.1 Å². The van der Waals surface area contributed by atoms with E-state index in [9.17, 15) is 4.79 Å². The molecule has 0 unspecified atom stereocenters. The summed E-state index contributed by atoms with van der Waals surface area (Å²) in [5.41, 5.74) is 0. The number of hydrogen-bond acceptors (Lipinski definition) is 1. The van der Waals surface area contributed by atoms with Gasteiger partial charge in [0.2, 0.25) is 0 Å². The molecule has 0 spiro atoms. The van der Waals surface area contributed by atoms with Gasteiger partial charge in [-0.3, -0.25) is 4.79 Å². The van der Waals surface area contributed by atoms with Crippen LogP contribution in [-0.2, 0) is 4.79 Å². The fraction of sp³-hybridized carbons (Fsp3) is 0.857. The number of carbonyl (C=O) groups is 1. The van der Waals surface area contributed by atoms with E-state index in [1.165, 1.54) is 12.8 Å². The Bertz CT molecular complexity index is 153. The van der Waals surface area contributed by atoms with Crippen molar-refractivity contribution in [1.29, 1.82) is 0 Å². The summed E-state index contributed by atoms with van der Waals surface area (Å²) in [6, 6.07) is 0. The van der Waals surface area contributed by atoms with Gasteiger partial charge >= 0.3 is 5.97 Å². The van der Waals surface area contributed by atoms with Crippen LogP contribution in [0.1, 0.15) is 19.3 Å². The Morgan fingerprint density at radius 2 is 2.22 bits per heavy atom. The molecule has 2 aliphatic carbocycles. The van der Waals surface area contributed by atoms with Crippen molar-refractivity contribution in [2.75, 3.05) is 0 Å². The van der Waals surface area contributed by atoms with Crippen molar-refractivity contribution in [1.82, 2.24) is 0 Å². The van der Waals surface area contributed by atoms with Crippen LogP contribution in [0, 0.1) is 17.8 Å². The molecular formula is C7H10O2. The van der Waals surface area contributed by atoms with Crippen LogP contribution >= 0.6 is 0 Å². The molecule has 2 aliphatic rings. The molecule has 0 aliphatic heterocycles. The highest BCUT2D eigenvalue weighted by molar-refractivity contribution is 5.71. The molecule has 0 aromatic carbocycles. The Hall–Kier alpha value is -0.530. The van der Waals surface area contributed by atoms with Crippen LogP contribution in [0.25, 0.3) is 0 Å². The van der Waals surface area contributed by atoms with Crippen molar-refractivity contribution in [3.63, 3.8) is 0 Å². The van der Waals surface area contributed by atoms with Gasteiger partial charge in [0.25, 0.3) is 0 Å². The highest BCUT2D eigenvalue weighted by atomic mass is 16.4. The van der Waals surface area contributed by atoms with Crippen LogP contribution in [0.2, 0.25) is 0 Å². The normalized spacial score (nSPS) is 46.4. The fourth-order valence-corrected chi connectivity index (χ4v) is 2.01. The molecule has 50 valence electrons. The second kappa shape index (κ2) is 1.49. The van der Waals surface area contributed by atoms with Crippen molar-refractivity contribution in [3.8, 4) is 0 Å². The summed E-state index contributed by atoms with van der Waals surface area (Å²) >= 11 is 0. The second-order valence-corrected chi connectivity index (χ2v) is 3.18. The van der Waals surface area contributed by atoms with Crippen molar-refractivity contribution in [2.24, 2.45) is 17.8 Å². The average Bonchev–Trinajstić information content (AvgIpc) is 2.43. The number of aliphatic carboxylic acids is 1. The molecule has 2 saturated carbocycles. The summed E-state index contributed by atoms with van der Waals surface area (Å²) < 4.78 is 0. The SMILES string of the molecule is O=C(O)[C@H]1CC[C@H]2C[C@H]21. The number of rotatable bonds is 1. The van der Waals surface area contributed by atoms with Crippen molar-refractivity contribution >= 4 is 5.97 Å². The van der Waals surface area contributed by atoms with Gasteiger partial charge in [0.05, 0.1) is 5.92 Å². The lowest BCUT2D eigenvalue weighted by molar-refractivity contribution is -0.142. The molecule has 0 amide bonds. The third kappa shape index (κ3) is 0.655. The first-order chi connectivity index (χ1) is 4.29. The van der Waals surface area contributed by atoms with Gasteiger partial charge in [0, 0.05) is 0 Å². The Kier molecular flexibility index (Phi) is 0.875. The largest absolute Gasteiger partial charge is 0.481 e. The van der Waals surface area contributed by atoms with E-state index < -0.39 is 5.97 Å². The van der Waals surface area contributed by atoms with E-state index in [4.69, 9.17) is 5.11 Å². The van der Waals surface area contributed by atoms with E-state index in [2.05, 4.69) is 0 Å². The van der Waals surface area contributed by atoms with Gasteiger partial charge in [-0.25, -0.2) is 0 Å². The van der Waals surface area contributed by atoms with E-state index in [0.717, 1.165) is 12.3 Å². The van der Waals surface area contributed by atoms with E-state index in [1.54, 1.807) is 0 Å². The zero-order valence-electron chi connectivity index (χ0n) is 5.21. The minimum absolute atomic E-state index is 0.0231. The molecule has 2 fully saturated rings. The van der Waals surface area contributed by atoms with Gasteiger partial charge in [0.1, 0.15) is 0 Å². The summed E-state index contributed by atoms with van der Waals surface area (Å²) in [5.74, 6) is 0.823. The molecule has 0 radical (unpaired) electrons. The van der Waals surface area contributed by atoms with E-state index >= 15 is 0 Å². The van der Waals surface area contributed by atoms with Crippen molar-refractivity contribution < 1.29 is 9.90 Å². The third-order valence-electron chi connectivity index (χ3n) is 2.66. The zero-order valence-corrected chi connectivity index (χ0v) is 5.21. The molecule has 0 bridgehead atoms. The summed E-state index contributed by atoms with van der Waals surface area (Å²) in [6.45, 7) is 0. The van der Waals surface area contributed by atoms with Crippen molar-refractivity contribution in [2.45, 2.75) is 19.3 Å². The molecule has 1 N–H and O–H groups in total. The maximum absolute atomic E-state index is 10.4. The van der Waals surface area contributed by atoms with Crippen LogP contribution in [0.15, 0.2) is 0 Å². The molecule has 0 saturated heterocycles. The summed E-state index contributed by atoms with van der Waals surface area (Å²) in [5, 5.41) is 8.61. The Labute approximate surface area is 53.9 Å². The zero-order chi connectivity index (χ0) is 6.43. The Balaban J connectivity index is 2.06. The topological polar surface area (TPSA) is 37.3 Å². The Morgan fingerprint density at radius 3 is 2.44 bits per heavy atom. The highest BCUT2D eigenvalue weighted by Crippen LogP contribution is 2.55. The van der Waals surface area contributed by atoms with Crippen LogP contribution in [0.5, 0.6) is 0 Å². The van der Waals surface area contributed by atoms with E-state index in [1.807, 2.05) is 0 Å². The third-order valence-corrected chi connectivity index (χ3v) is 2.66. The lowest BCUT2D eigenvalue weighted by atomic mass is 10.0. The summed E-state index contributed by atoms with van der Waals surface area (Å²) in [4.78, 5) is 10.4. The van der Waals surface area contributed by atoms with E-state index in [0.29, 0.717) is 5.92 Å². The second-order valence-electron chi connectivity index (χ2n) is 3.18. The van der Waals surface area contributed by atoms with Gasteiger partial charge in [-0.05, 0) is 31.1 Å². The van der Waals surface area contributed by atoms with Gasteiger partial charge in [0.15, 0.2) is 0 Å². The van der Waals surface area contributed by atoms with Crippen LogP contribution in [0.4, 0.5) is 0 Å². The maximum atomic E-state index is 10.4. The number of hydrogen-bond donors (Lipinski definition) is 1. The average molecular weight is 126 g/mol. The molecule has 2 rings (SSSR count). The number of carboxylic acid groups (broad SMARTS) is 1. The lowest BCUT2D eigenvalue weighted by Crippen LogP contribution is -2.12. The molecule has 0 aromatic rings. The molecule has 2 heteroatoms. The summed E-state index contributed by atoms with van der Waals surface area (Å²) in [7, 11) is 0. The highest BCUT2D eigenvalue weighted by Gasteiger charge is 2.50. The monoisotopic (exact) mass is 126 g/mol. The molecule has 2 nitrogen and oxygen atoms in total. The predicted octanol–water partition coefficient (Wildman–Crippen LogP) is 1.12. The molecule has 9 heavy (non-hydrogen) atoms. The lowest BCUT2D eigenvalue weighted by Gasteiger charge is -2.02. The maximum Gasteiger partial charge on any atom is 0.306 e. The van der Waals surface area contributed by atoms with Gasteiger partial charge in [-0.1, -0.05) is 0 Å². The number of carboxylic acids is 1. The molecule has 3 atom stereocenters. The number of fused-ring (bicyclic) bond motifs is 1. The first-order valence-corrected chi connectivity index (χ1v) is 3.52. The predicted molar refractivity (Wildman–Crippen MR) is 32.0 cm³/mol. The van der Waals surface area contributed by atoms with Gasteiger partial charge in [-0.15, -0.1) is 0 Å². The van der Waals surface area contributed by atoms with Gasteiger partial charge in [-0.2, -0.15) is 0 Å². The van der Waals surface area contributed by atoms with Gasteiger partial charge < -0.3 is 5.11 Å². The fourth-order valence-electron chi connectivity index (χ4n) is 2.01. The first kappa shape index (κ1) is 5.27. The minimum atomic E-state index is -0.569.